The molecule has 1 amide bonds. The summed E-state index contributed by atoms with van der Waals surface area (Å²) in [4.78, 5) is 12.2. The molecule has 2 bridgehead atoms. The van der Waals surface area contributed by atoms with Crippen molar-refractivity contribution in [1.82, 2.24) is 5.32 Å². The van der Waals surface area contributed by atoms with Gasteiger partial charge in [0.2, 0.25) is 5.91 Å². The number of hydrogen-bond acceptors (Lipinski definition) is 3. The molecular weight excluding hydrogens is 230 g/mol. The first-order valence-corrected chi connectivity index (χ1v) is 6.80. The van der Waals surface area contributed by atoms with Gasteiger partial charge in [-0.25, -0.2) is 0 Å². The molecule has 4 unspecified atom stereocenters. The number of hydrogen-bond donors (Lipinski definition) is 3. The minimum absolute atomic E-state index is 0.00524. The van der Waals surface area contributed by atoms with E-state index in [-0.39, 0.29) is 17.7 Å². The molecule has 5 heteroatoms. The Balaban J connectivity index is 1.97. The fraction of sp³-hybridized carbons (Fsp3) is 0.846. The average molecular weight is 253 g/mol. The standard InChI is InChI=1S/C13H23N3O2/c1-7(2)11(12(14)16-18)13(17)15-10-6-8-3-4-9(10)5-8/h7-11,18H,3-6H2,1-2H3,(H2,14,16)(H,15,17). The van der Waals surface area contributed by atoms with Crippen molar-refractivity contribution in [3.05, 3.63) is 0 Å². The predicted molar refractivity (Wildman–Crippen MR) is 69.1 cm³/mol. The van der Waals surface area contributed by atoms with Gasteiger partial charge in [0, 0.05) is 6.04 Å². The van der Waals surface area contributed by atoms with E-state index in [1.807, 2.05) is 13.8 Å². The third kappa shape index (κ3) is 2.44. The molecule has 102 valence electrons. The minimum Gasteiger partial charge on any atom is -0.409 e. The van der Waals surface area contributed by atoms with Gasteiger partial charge < -0.3 is 16.3 Å². The Labute approximate surface area is 108 Å². The fourth-order valence-corrected chi connectivity index (χ4v) is 3.53. The number of nitrogens with one attached hydrogen (secondary N) is 1. The Morgan fingerprint density at radius 2 is 2.11 bits per heavy atom. The lowest BCUT2D eigenvalue weighted by atomic mass is 9.91. The lowest BCUT2D eigenvalue weighted by Gasteiger charge is -2.26. The molecule has 2 saturated carbocycles. The Morgan fingerprint density at radius 1 is 1.39 bits per heavy atom. The van der Waals surface area contributed by atoms with Crippen LogP contribution in [0.2, 0.25) is 0 Å². The van der Waals surface area contributed by atoms with E-state index in [1.165, 1.54) is 19.3 Å². The second-order valence-electron chi connectivity index (χ2n) is 6.04. The number of amidine groups is 1. The number of nitrogens with zero attached hydrogens (tertiary/aromatic N) is 1. The van der Waals surface area contributed by atoms with E-state index in [0.29, 0.717) is 12.0 Å². The molecule has 18 heavy (non-hydrogen) atoms. The highest BCUT2D eigenvalue weighted by molar-refractivity contribution is 6.02. The van der Waals surface area contributed by atoms with Crippen LogP contribution in [0.15, 0.2) is 5.16 Å². The lowest BCUT2D eigenvalue weighted by molar-refractivity contribution is -0.125. The third-order valence-electron chi connectivity index (χ3n) is 4.45. The quantitative estimate of drug-likeness (QED) is 0.305. The first kappa shape index (κ1) is 13.2. The summed E-state index contributed by atoms with van der Waals surface area (Å²) in [7, 11) is 0. The van der Waals surface area contributed by atoms with Crippen LogP contribution in [0, 0.1) is 23.7 Å². The lowest BCUT2D eigenvalue weighted by Crippen LogP contribution is -2.47. The summed E-state index contributed by atoms with van der Waals surface area (Å²) in [5.41, 5.74) is 5.61. The van der Waals surface area contributed by atoms with Crippen LogP contribution in [-0.2, 0) is 4.79 Å². The van der Waals surface area contributed by atoms with Crippen LogP contribution < -0.4 is 11.1 Å². The first-order chi connectivity index (χ1) is 8.52. The molecule has 4 N–H and O–H groups in total. The van der Waals surface area contributed by atoms with Crippen LogP contribution in [0.5, 0.6) is 0 Å². The second-order valence-corrected chi connectivity index (χ2v) is 6.04. The molecule has 4 atom stereocenters. The maximum absolute atomic E-state index is 12.2. The fourth-order valence-electron chi connectivity index (χ4n) is 3.53. The number of amides is 1. The summed E-state index contributed by atoms with van der Waals surface area (Å²) in [6.45, 7) is 3.81. The Hall–Kier alpha value is -1.26. The Bertz CT molecular complexity index is 354. The van der Waals surface area contributed by atoms with Gasteiger partial charge in [-0.3, -0.25) is 4.79 Å². The number of carbonyl (C=O) groups excluding carboxylic acids is 1. The van der Waals surface area contributed by atoms with Gasteiger partial charge >= 0.3 is 0 Å². The van der Waals surface area contributed by atoms with Crippen LogP contribution in [0.4, 0.5) is 0 Å². The van der Waals surface area contributed by atoms with Crippen molar-refractivity contribution in [2.24, 2.45) is 34.6 Å². The first-order valence-electron chi connectivity index (χ1n) is 6.80. The molecule has 2 aliphatic carbocycles. The van der Waals surface area contributed by atoms with Crippen LogP contribution in [0.1, 0.15) is 39.5 Å². The molecule has 0 spiro atoms. The summed E-state index contributed by atoms with van der Waals surface area (Å²) >= 11 is 0. The molecule has 0 aromatic heterocycles. The van der Waals surface area contributed by atoms with Crippen LogP contribution >= 0.6 is 0 Å². The third-order valence-corrected chi connectivity index (χ3v) is 4.45. The summed E-state index contributed by atoms with van der Waals surface area (Å²) < 4.78 is 0. The van der Waals surface area contributed by atoms with Crippen molar-refractivity contribution in [1.29, 1.82) is 0 Å². The monoisotopic (exact) mass is 253 g/mol. The number of oxime groups is 1. The Morgan fingerprint density at radius 3 is 2.56 bits per heavy atom. The van der Waals surface area contributed by atoms with Crippen LogP contribution in [0.3, 0.4) is 0 Å². The number of carbonyl (C=O) groups is 1. The van der Waals surface area contributed by atoms with E-state index in [1.54, 1.807) is 0 Å². The number of rotatable bonds is 4. The second kappa shape index (κ2) is 5.16. The molecule has 0 aliphatic heterocycles. The molecular formula is C13H23N3O2. The molecule has 2 aliphatic rings. The van der Waals surface area contributed by atoms with Crippen molar-refractivity contribution in [2.45, 2.75) is 45.6 Å². The zero-order chi connectivity index (χ0) is 13.3. The van der Waals surface area contributed by atoms with E-state index >= 15 is 0 Å². The molecule has 2 fully saturated rings. The highest BCUT2D eigenvalue weighted by Crippen LogP contribution is 2.44. The van der Waals surface area contributed by atoms with Crippen LogP contribution in [0.25, 0.3) is 0 Å². The largest absolute Gasteiger partial charge is 0.409 e. The van der Waals surface area contributed by atoms with E-state index in [2.05, 4.69) is 10.5 Å². The van der Waals surface area contributed by atoms with Crippen molar-refractivity contribution in [2.75, 3.05) is 0 Å². The predicted octanol–water partition coefficient (Wildman–Crippen LogP) is 1.31. The van der Waals surface area contributed by atoms with Gasteiger partial charge in [-0.05, 0) is 37.0 Å². The van der Waals surface area contributed by atoms with Gasteiger partial charge in [0.15, 0.2) is 5.84 Å². The number of fused-ring (bicyclic) bond motifs is 2. The SMILES string of the molecule is CC(C)C(C(=O)NC1CC2CCC1C2)C(N)=NO. The smallest absolute Gasteiger partial charge is 0.231 e. The van der Waals surface area contributed by atoms with Gasteiger partial charge in [0.1, 0.15) is 5.92 Å². The molecule has 0 radical (unpaired) electrons. The summed E-state index contributed by atoms with van der Waals surface area (Å²) in [5, 5.41) is 14.8. The van der Waals surface area contributed by atoms with E-state index in [4.69, 9.17) is 10.9 Å². The normalized spacial score (nSPS) is 32.8. The van der Waals surface area contributed by atoms with E-state index in [9.17, 15) is 4.79 Å². The van der Waals surface area contributed by atoms with Crippen molar-refractivity contribution in [3.8, 4) is 0 Å². The van der Waals surface area contributed by atoms with Crippen molar-refractivity contribution in [3.63, 3.8) is 0 Å². The zero-order valence-corrected chi connectivity index (χ0v) is 11.1. The highest BCUT2D eigenvalue weighted by atomic mass is 16.4. The number of nitrogens with two attached hydrogens (primary N) is 1. The van der Waals surface area contributed by atoms with E-state index < -0.39 is 5.92 Å². The van der Waals surface area contributed by atoms with Gasteiger partial charge in [-0.2, -0.15) is 0 Å². The van der Waals surface area contributed by atoms with Crippen LogP contribution in [-0.4, -0.2) is 23.0 Å². The molecule has 2 rings (SSSR count). The summed E-state index contributed by atoms with van der Waals surface area (Å²) in [5.74, 6) is 0.831. The maximum atomic E-state index is 12.2. The highest BCUT2D eigenvalue weighted by Gasteiger charge is 2.41. The molecule has 5 nitrogen and oxygen atoms in total. The van der Waals surface area contributed by atoms with Gasteiger partial charge in [0.05, 0.1) is 0 Å². The zero-order valence-electron chi connectivity index (χ0n) is 11.1. The molecule has 0 heterocycles. The summed E-state index contributed by atoms with van der Waals surface area (Å²) in [6.07, 6.45) is 4.88. The molecule has 0 aromatic carbocycles. The van der Waals surface area contributed by atoms with Gasteiger partial charge in [-0.15, -0.1) is 0 Å². The topological polar surface area (TPSA) is 87.7 Å². The minimum atomic E-state index is -0.533. The maximum Gasteiger partial charge on any atom is 0.231 e. The van der Waals surface area contributed by atoms with E-state index in [0.717, 1.165) is 12.3 Å². The van der Waals surface area contributed by atoms with Crippen molar-refractivity contribution >= 4 is 11.7 Å². The van der Waals surface area contributed by atoms with Crippen molar-refractivity contribution < 1.29 is 10.0 Å². The molecule has 0 saturated heterocycles. The summed E-state index contributed by atoms with van der Waals surface area (Å²) in [6, 6.07) is 0.295. The Kier molecular flexibility index (Phi) is 3.78. The van der Waals surface area contributed by atoms with Gasteiger partial charge in [-0.1, -0.05) is 25.4 Å². The average Bonchev–Trinajstić information content (AvgIpc) is 2.90. The molecule has 0 aromatic rings. The van der Waals surface area contributed by atoms with Gasteiger partial charge in [0.25, 0.3) is 0 Å².